The molecule has 24 heavy (non-hydrogen) atoms. The third-order valence-electron chi connectivity index (χ3n) is 5.21. The van der Waals surface area contributed by atoms with Crippen molar-refractivity contribution in [3.8, 4) is 0 Å². The monoisotopic (exact) mass is 353 g/mol. The predicted octanol–water partition coefficient (Wildman–Crippen LogP) is 2.42. The number of rotatable bonds is 7. The Hall–Kier alpha value is -0.950. The van der Waals surface area contributed by atoms with Gasteiger partial charge in [0.15, 0.2) is 0 Å². The van der Waals surface area contributed by atoms with Crippen LogP contribution in [0.25, 0.3) is 0 Å². The van der Waals surface area contributed by atoms with E-state index in [0.29, 0.717) is 12.0 Å². The van der Waals surface area contributed by atoms with Crippen LogP contribution in [-0.2, 0) is 25.6 Å². The maximum atomic E-state index is 11.2. The van der Waals surface area contributed by atoms with Gasteiger partial charge in [-0.05, 0) is 49.8 Å². The van der Waals surface area contributed by atoms with Crippen molar-refractivity contribution in [3.05, 3.63) is 35.9 Å². The van der Waals surface area contributed by atoms with Crippen LogP contribution in [0.4, 0.5) is 0 Å². The maximum absolute atomic E-state index is 11.2. The molecule has 134 valence electrons. The summed E-state index contributed by atoms with van der Waals surface area (Å²) in [7, 11) is -3.32. The lowest BCUT2D eigenvalue weighted by molar-refractivity contribution is -0.0554. The molecule has 0 radical (unpaired) electrons. The largest absolute Gasteiger partial charge is 0.375 e. The molecule has 6 heteroatoms. The van der Waals surface area contributed by atoms with Crippen LogP contribution in [0.3, 0.4) is 0 Å². The van der Waals surface area contributed by atoms with Crippen LogP contribution in [0.2, 0.25) is 0 Å². The number of benzene rings is 1. The van der Waals surface area contributed by atoms with Crippen molar-refractivity contribution in [2.75, 3.05) is 32.5 Å². The van der Waals surface area contributed by atoms with E-state index in [2.05, 4.69) is 17.0 Å². The van der Waals surface area contributed by atoms with Gasteiger partial charge in [0.05, 0.1) is 25.6 Å². The van der Waals surface area contributed by atoms with Crippen LogP contribution in [0, 0.1) is 5.41 Å². The maximum Gasteiger partial charge on any atom is 0.264 e. The van der Waals surface area contributed by atoms with Gasteiger partial charge in [0, 0.05) is 6.54 Å². The van der Waals surface area contributed by atoms with Crippen molar-refractivity contribution in [2.24, 2.45) is 5.41 Å². The van der Waals surface area contributed by atoms with E-state index in [1.807, 2.05) is 18.2 Å². The molecule has 1 aliphatic carbocycles. The molecule has 2 fully saturated rings. The third-order valence-corrected chi connectivity index (χ3v) is 5.83. The normalized spacial score (nSPS) is 21.7. The molecule has 2 aliphatic rings. The minimum atomic E-state index is -3.32. The topological polar surface area (TPSA) is 55.8 Å². The van der Waals surface area contributed by atoms with E-state index in [0.717, 1.165) is 58.2 Å². The van der Waals surface area contributed by atoms with Crippen molar-refractivity contribution >= 4 is 10.1 Å². The quantitative estimate of drug-likeness (QED) is 0.557. The number of piperidine rings is 1. The molecule has 1 heterocycles. The Morgan fingerprint density at radius 3 is 2.46 bits per heavy atom. The summed E-state index contributed by atoms with van der Waals surface area (Å²) in [6.07, 6.45) is 5.08. The van der Waals surface area contributed by atoms with Crippen LogP contribution in [0.15, 0.2) is 30.3 Å². The fraction of sp³-hybridized carbons (Fsp3) is 0.667. The second-order valence-electron chi connectivity index (χ2n) is 7.21. The van der Waals surface area contributed by atoms with Crippen LogP contribution in [0.5, 0.6) is 0 Å². The molecule has 1 aromatic carbocycles. The molecule has 0 aromatic heterocycles. The summed E-state index contributed by atoms with van der Waals surface area (Å²) in [6.45, 7) is 4.53. The molecule has 1 aliphatic heterocycles. The standard InChI is InChI=1S/C18H27NO4S/c1-24(20,21)23-17-13-18(14-17)7-9-19(10-8-18)11-12-22-15-16-5-3-2-4-6-16/h2-6,17H,7-15H2,1H3. The minimum absolute atomic E-state index is 0.0965. The molecule has 0 atom stereocenters. The molecule has 1 saturated carbocycles. The molecule has 1 aromatic rings. The van der Waals surface area contributed by atoms with Crippen molar-refractivity contribution in [2.45, 2.75) is 38.4 Å². The van der Waals surface area contributed by atoms with Gasteiger partial charge >= 0.3 is 0 Å². The van der Waals surface area contributed by atoms with E-state index in [-0.39, 0.29) is 6.10 Å². The second kappa shape index (κ2) is 7.52. The lowest BCUT2D eigenvalue weighted by atomic mass is 9.61. The molecule has 0 N–H and O–H groups in total. The fourth-order valence-corrected chi connectivity index (χ4v) is 4.47. The first-order valence-corrected chi connectivity index (χ1v) is 10.5. The lowest BCUT2D eigenvalue weighted by Gasteiger charge is -2.51. The van der Waals surface area contributed by atoms with Crippen LogP contribution >= 0.6 is 0 Å². The Bertz CT molecular complexity index is 616. The summed E-state index contributed by atoms with van der Waals surface area (Å²) in [5.41, 5.74) is 1.53. The van der Waals surface area contributed by atoms with E-state index >= 15 is 0 Å². The lowest BCUT2D eigenvalue weighted by Crippen LogP contribution is -2.50. The molecule has 5 nitrogen and oxygen atoms in total. The molecular formula is C18H27NO4S. The highest BCUT2D eigenvalue weighted by Gasteiger charge is 2.47. The second-order valence-corrected chi connectivity index (χ2v) is 8.81. The van der Waals surface area contributed by atoms with Crippen molar-refractivity contribution in [3.63, 3.8) is 0 Å². The number of hydrogen-bond acceptors (Lipinski definition) is 5. The van der Waals surface area contributed by atoms with E-state index in [9.17, 15) is 8.42 Å². The highest BCUT2D eigenvalue weighted by molar-refractivity contribution is 7.86. The summed E-state index contributed by atoms with van der Waals surface area (Å²) in [5, 5.41) is 0. The van der Waals surface area contributed by atoms with Crippen molar-refractivity contribution in [1.82, 2.24) is 4.90 Å². The van der Waals surface area contributed by atoms with Gasteiger partial charge in [0.1, 0.15) is 0 Å². The van der Waals surface area contributed by atoms with E-state index in [1.54, 1.807) is 0 Å². The van der Waals surface area contributed by atoms with Gasteiger partial charge < -0.3 is 9.64 Å². The molecule has 1 spiro atoms. The summed E-state index contributed by atoms with van der Waals surface area (Å²) in [5.74, 6) is 0. The Labute approximate surface area is 145 Å². The average molecular weight is 353 g/mol. The van der Waals surface area contributed by atoms with Crippen LogP contribution < -0.4 is 0 Å². The average Bonchev–Trinajstić information content (AvgIpc) is 2.51. The van der Waals surface area contributed by atoms with Gasteiger partial charge in [-0.3, -0.25) is 4.18 Å². The fourth-order valence-electron chi connectivity index (χ4n) is 3.84. The number of hydrogen-bond donors (Lipinski definition) is 0. The first-order valence-electron chi connectivity index (χ1n) is 8.66. The van der Waals surface area contributed by atoms with E-state index in [1.165, 1.54) is 5.56 Å². The van der Waals surface area contributed by atoms with Gasteiger partial charge in [-0.15, -0.1) is 0 Å². The van der Waals surface area contributed by atoms with E-state index < -0.39 is 10.1 Å². The van der Waals surface area contributed by atoms with Crippen molar-refractivity contribution < 1.29 is 17.3 Å². The van der Waals surface area contributed by atoms with Crippen LogP contribution in [-0.4, -0.2) is 51.9 Å². The summed E-state index contributed by atoms with van der Waals surface area (Å²) in [4.78, 5) is 2.45. The van der Waals surface area contributed by atoms with Crippen molar-refractivity contribution in [1.29, 1.82) is 0 Å². The number of ether oxygens (including phenoxy) is 1. The first kappa shape index (κ1) is 17.9. The van der Waals surface area contributed by atoms with Gasteiger partial charge in [0.2, 0.25) is 0 Å². The zero-order valence-corrected chi connectivity index (χ0v) is 15.1. The van der Waals surface area contributed by atoms with Gasteiger partial charge in [0.25, 0.3) is 10.1 Å². The smallest absolute Gasteiger partial charge is 0.264 e. The number of likely N-dealkylation sites (tertiary alicyclic amines) is 1. The zero-order valence-electron chi connectivity index (χ0n) is 14.3. The summed E-state index contributed by atoms with van der Waals surface area (Å²) in [6, 6.07) is 10.2. The summed E-state index contributed by atoms with van der Waals surface area (Å²) < 4.78 is 33.2. The van der Waals surface area contributed by atoms with Gasteiger partial charge in [-0.2, -0.15) is 8.42 Å². The zero-order chi connectivity index (χ0) is 17.0. The molecule has 0 bridgehead atoms. The highest BCUT2D eigenvalue weighted by atomic mass is 32.2. The highest BCUT2D eigenvalue weighted by Crippen LogP contribution is 2.50. The molecular weight excluding hydrogens is 326 g/mol. The first-order chi connectivity index (χ1) is 11.4. The van der Waals surface area contributed by atoms with Gasteiger partial charge in [-0.25, -0.2) is 0 Å². The Morgan fingerprint density at radius 2 is 1.83 bits per heavy atom. The van der Waals surface area contributed by atoms with Gasteiger partial charge in [-0.1, -0.05) is 30.3 Å². The molecule has 0 unspecified atom stereocenters. The predicted molar refractivity (Wildman–Crippen MR) is 93.2 cm³/mol. The molecule has 3 rings (SSSR count). The van der Waals surface area contributed by atoms with E-state index in [4.69, 9.17) is 8.92 Å². The Morgan fingerprint density at radius 1 is 1.17 bits per heavy atom. The Kier molecular flexibility index (Phi) is 5.59. The minimum Gasteiger partial charge on any atom is -0.375 e. The molecule has 0 amide bonds. The number of nitrogens with zero attached hydrogens (tertiary/aromatic N) is 1. The SMILES string of the molecule is CS(=O)(=O)OC1CC2(CCN(CCOCc3ccccc3)CC2)C1. The third kappa shape index (κ3) is 5.02. The Balaban J connectivity index is 1.30. The summed E-state index contributed by atoms with van der Waals surface area (Å²) >= 11 is 0. The molecule has 1 saturated heterocycles. The van der Waals surface area contributed by atoms with Crippen LogP contribution in [0.1, 0.15) is 31.2 Å².